The van der Waals surface area contributed by atoms with Gasteiger partial charge in [-0.15, -0.1) is 0 Å². The molecule has 0 saturated heterocycles. The molecule has 0 aliphatic carbocycles. The normalized spacial score (nSPS) is 12.6. The van der Waals surface area contributed by atoms with Crippen LogP contribution >= 0.6 is 0 Å². The number of hydrogen-bond acceptors (Lipinski definition) is 5. The fourth-order valence-corrected chi connectivity index (χ4v) is 12.5. The largest absolute Gasteiger partial charge is 0.466 e. The van der Waals surface area contributed by atoms with E-state index >= 15 is 0 Å². The van der Waals surface area contributed by atoms with Gasteiger partial charge in [-0.3, -0.25) is 9.59 Å². The summed E-state index contributed by atoms with van der Waals surface area (Å²) in [6, 6.07) is -0.623. The molecule has 3 N–H and O–H groups in total. The van der Waals surface area contributed by atoms with E-state index in [1.165, 1.54) is 372 Å². The summed E-state index contributed by atoms with van der Waals surface area (Å²) in [6.45, 7) is 4.93. The van der Waals surface area contributed by atoms with E-state index in [4.69, 9.17) is 4.74 Å². The summed E-state index contributed by atoms with van der Waals surface area (Å²) in [5.41, 5.74) is 0. The van der Waals surface area contributed by atoms with E-state index in [1.807, 2.05) is 6.08 Å². The molecule has 0 aromatic rings. The Labute approximate surface area is 532 Å². The SMILES string of the molecule is CCCCCC/C=C\CCCCCCCC(=O)OCCCCCCCCCCCCCCCCCCCCCCCCCCCCCCCCCCCCCCCCCC(=O)NC(CO)C(O)/C=C/CCCCCCCCCCCCCCCC. The topological polar surface area (TPSA) is 95.9 Å². The quantitative estimate of drug-likeness (QED) is 0.0320. The summed E-state index contributed by atoms with van der Waals surface area (Å²) < 4.78 is 5.49. The molecule has 0 radical (unpaired) electrons. The highest BCUT2D eigenvalue weighted by atomic mass is 16.5. The second-order valence-corrected chi connectivity index (χ2v) is 27.0. The molecule has 0 rings (SSSR count). The third-order valence-corrected chi connectivity index (χ3v) is 18.5. The van der Waals surface area contributed by atoms with Gasteiger partial charge >= 0.3 is 5.97 Å². The molecule has 0 aliphatic rings. The van der Waals surface area contributed by atoms with Crippen molar-refractivity contribution in [3.05, 3.63) is 24.3 Å². The lowest BCUT2D eigenvalue weighted by Crippen LogP contribution is -2.45. The van der Waals surface area contributed by atoms with Gasteiger partial charge in [0.2, 0.25) is 5.91 Å². The predicted octanol–water partition coefficient (Wildman–Crippen LogP) is 25.7. The van der Waals surface area contributed by atoms with Crippen molar-refractivity contribution in [1.29, 1.82) is 0 Å². The summed E-state index contributed by atoms with van der Waals surface area (Å²) in [5.74, 6) is -0.0432. The number of unbranched alkanes of at least 4 members (excludes halogenated alkanes) is 61. The second kappa shape index (κ2) is 74.8. The number of nitrogens with one attached hydrogen (secondary N) is 1. The van der Waals surface area contributed by atoms with Crippen molar-refractivity contribution >= 4 is 11.9 Å². The average molecular weight is 1200 g/mol. The lowest BCUT2D eigenvalue weighted by Gasteiger charge is -2.20. The highest BCUT2D eigenvalue weighted by Gasteiger charge is 2.18. The van der Waals surface area contributed by atoms with Crippen molar-refractivity contribution in [2.45, 2.75) is 456 Å². The molecule has 0 bridgehead atoms. The number of aliphatic hydroxyl groups is 2. The maximum absolute atomic E-state index is 12.5. The third-order valence-electron chi connectivity index (χ3n) is 18.5. The van der Waals surface area contributed by atoms with E-state index in [1.54, 1.807) is 6.08 Å². The van der Waals surface area contributed by atoms with Gasteiger partial charge in [-0.05, 0) is 57.8 Å². The van der Waals surface area contributed by atoms with Crippen LogP contribution in [0.1, 0.15) is 444 Å². The molecule has 0 aromatic heterocycles. The van der Waals surface area contributed by atoms with Gasteiger partial charge < -0.3 is 20.3 Å². The first kappa shape index (κ1) is 83.3. The first-order chi connectivity index (χ1) is 42.0. The molecule has 0 heterocycles. The zero-order valence-electron chi connectivity index (χ0n) is 57.9. The number of esters is 1. The number of carbonyl (C=O) groups is 2. The van der Waals surface area contributed by atoms with Crippen LogP contribution in [-0.2, 0) is 14.3 Å². The minimum Gasteiger partial charge on any atom is -0.466 e. The van der Waals surface area contributed by atoms with Gasteiger partial charge in [0.15, 0.2) is 0 Å². The second-order valence-electron chi connectivity index (χ2n) is 27.0. The van der Waals surface area contributed by atoms with Gasteiger partial charge in [-0.25, -0.2) is 0 Å². The van der Waals surface area contributed by atoms with Crippen LogP contribution in [0.2, 0.25) is 0 Å². The maximum atomic E-state index is 12.5. The number of amides is 1. The average Bonchev–Trinajstić information content (AvgIpc) is 3.51. The Morgan fingerprint density at radius 3 is 0.847 bits per heavy atom. The van der Waals surface area contributed by atoms with Crippen LogP contribution in [0.25, 0.3) is 0 Å². The number of hydrogen-bond donors (Lipinski definition) is 3. The van der Waals surface area contributed by atoms with Crippen molar-refractivity contribution in [2.24, 2.45) is 0 Å². The zero-order valence-corrected chi connectivity index (χ0v) is 57.9. The Morgan fingerprint density at radius 2 is 0.553 bits per heavy atom. The van der Waals surface area contributed by atoms with Crippen LogP contribution in [0.15, 0.2) is 24.3 Å². The number of rotatable bonds is 74. The molecule has 2 atom stereocenters. The molecule has 0 saturated carbocycles. The standard InChI is InChI=1S/C79H153NO5/c1-3-5-7-9-11-13-15-17-18-44-48-51-55-59-63-67-71-77(82)76(75-81)80-78(83)72-68-64-60-56-52-49-45-42-40-38-36-34-32-30-28-26-24-22-20-19-21-23-25-27-29-31-33-35-37-39-41-43-46-50-54-58-62-66-70-74-85-79(84)73-69-65-61-57-53-47-16-14-12-10-8-6-4-2/h14,16,67,71,76-77,81-82H,3-13,15,17-66,68-70,72-75H2,1-2H3,(H,80,83)/b16-14-,71-67+. The molecule has 85 heavy (non-hydrogen) atoms. The van der Waals surface area contributed by atoms with Crippen LogP contribution in [0.3, 0.4) is 0 Å². The van der Waals surface area contributed by atoms with Gasteiger partial charge in [0.1, 0.15) is 0 Å². The summed E-state index contributed by atoms with van der Waals surface area (Å²) in [5, 5.41) is 23.2. The van der Waals surface area contributed by atoms with Crippen molar-refractivity contribution in [3.63, 3.8) is 0 Å². The minimum absolute atomic E-state index is 0.0153. The Balaban J connectivity index is 3.30. The van der Waals surface area contributed by atoms with Crippen LogP contribution in [0.5, 0.6) is 0 Å². The van der Waals surface area contributed by atoms with Gasteiger partial charge in [-0.1, -0.05) is 398 Å². The Hall–Kier alpha value is -1.66. The molecular weight excluding hydrogens is 1040 g/mol. The molecule has 0 aromatic carbocycles. The van der Waals surface area contributed by atoms with Gasteiger partial charge in [0.25, 0.3) is 0 Å². The smallest absolute Gasteiger partial charge is 0.305 e. The van der Waals surface area contributed by atoms with Gasteiger partial charge in [-0.2, -0.15) is 0 Å². The summed E-state index contributed by atoms with van der Waals surface area (Å²) in [7, 11) is 0. The minimum atomic E-state index is -0.840. The van der Waals surface area contributed by atoms with E-state index in [2.05, 4.69) is 31.3 Å². The van der Waals surface area contributed by atoms with E-state index in [9.17, 15) is 19.8 Å². The van der Waals surface area contributed by atoms with E-state index in [-0.39, 0.29) is 18.5 Å². The number of aliphatic hydroxyl groups excluding tert-OH is 2. The van der Waals surface area contributed by atoms with Crippen LogP contribution in [0, 0.1) is 0 Å². The lowest BCUT2D eigenvalue weighted by atomic mass is 10.0. The maximum Gasteiger partial charge on any atom is 0.305 e. The molecule has 0 spiro atoms. The molecule has 2 unspecified atom stereocenters. The lowest BCUT2D eigenvalue weighted by molar-refractivity contribution is -0.143. The molecule has 0 aliphatic heterocycles. The highest BCUT2D eigenvalue weighted by molar-refractivity contribution is 5.76. The predicted molar refractivity (Wildman–Crippen MR) is 375 cm³/mol. The first-order valence-electron chi connectivity index (χ1n) is 39.1. The fourth-order valence-electron chi connectivity index (χ4n) is 12.5. The molecule has 0 fully saturated rings. The van der Waals surface area contributed by atoms with Crippen LogP contribution < -0.4 is 5.32 Å². The van der Waals surface area contributed by atoms with E-state index in [0.29, 0.717) is 19.4 Å². The Morgan fingerprint density at radius 1 is 0.318 bits per heavy atom. The van der Waals surface area contributed by atoms with Crippen LogP contribution in [-0.4, -0.2) is 47.4 Å². The fraction of sp³-hybridized carbons (Fsp3) is 0.924. The number of allylic oxidation sites excluding steroid dienone is 3. The van der Waals surface area contributed by atoms with Crippen molar-refractivity contribution in [1.82, 2.24) is 5.32 Å². The summed E-state index contributed by atoms with van der Waals surface area (Å²) >= 11 is 0. The van der Waals surface area contributed by atoms with Gasteiger partial charge in [0, 0.05) is 12.8 Å². The Kier molecular flexibility index (Phi) is 73.3. The van der Waals surface area contributed by atoms with Crippen molar-refractivity contribution in [3.8, 4) is 0 Å². The van der Waals surface area contributed by atoms with Crippen LogP contribution in [0.4, 0.5) is 0 Å². The monoisotopic (exact) mass is 1200 g/mol. The van der Waals surface area contributed by atoms with E-state index in [0.717, 1.165) is 44.9 Å². The summed E-state index contributed by atoms with van der Waals surface area (Å²) in [6.07, 6.45) is 96.0. The molecular formula is C79H153NO5. The molecule has 6 nitrogen and oxygen atoms in total. The van der Waals surface area contributed by atoms with Gasteiger partial charge in [0.05, 0.1) is 25.4 Å². The molecule has 1 amide bonds. The molecule has 6 heteroatoms. The molecule has 504 valence electrons. The first-order valence-corrected chi connectivity index (χ1v) is 39.1. The van der Waals surface area contributed by atoms with Crippen molar-refractivity contribution < 1.29 is 24.5 Å². The van der Waals surface area contributed by atoms with Crippen molar-refractivity contribution in [2.75, 3.05) is 13.2 Å². The zero-order chi connectivity index (χ0) is 61.3. The Bertz CT molecular complexity index is 1330. The third kappa shape index (κ3) is 71.3. The van der Waals surface area contributed by atoms with E-state index < -0.39 is 12.1 Å². The summed E-state index contributed by atoms with van der Waals surface area (Å²) in [4.78, 5) is 24.6. The highest BCUT2D eigenvalue weighted by Crippen LogP contribution is 2.20. The number of ether oxygens (including phenoxy) is 1. The number of carbonyl (C=O) groups excluding carboxylic acids is 2.